The monoisotopic (exact) mass is 299 g/mol. The van der Waals surface area contributed by atoms with E-state index in [1.165, 1.54) is 0 Å². The van der Waals surface area contributed by atoms with Gasteiger partial charge in [-0.25, -0.2) is 12.7 Å². The van der Waals surface area contributed by atoms with Crippen molar-refractivity contribution in [2.24, 2.45) is 0 Å². The first-order valence-corrected chi connectivity index (χ1v) is 7.21. The molecule has 0 unspecified atom stereocenters. The van der Waals surface area contributed by atoms with Crippen LogP contribution < -0.4 is 68.9 Å². The molecule has 0 radical (unpaired) electrons. The van der Waals surface area contributed by atoms with Gasteiger partial charge in [0.15, 0.2) is 0 Å². The summed E-state index contributed by atoms with van der Waals surface area (Å²) >= 11 is 0. The van der Waals surface area contributed by atoms with E-state index in [4.69, 9.17) is 0 Å². The molecule has 1 amide bonds. The molecule has 11 heteroatoms. The summed E-state index contributed by atoms with van der Waals surface area (Å²) in [5, 5.41) is 0.739. The summed E-state index contributed by atoms with van der Waals surface area (Å²) in [5.41, 5.74) is 0. The third kappa shape index (κ3) is 6.87. The van der Waals surface area contributed by atoms with Crippen LogP contribution in [0.2, 0.25) is 0 Å². The first-order chi connectivity index (χ1) is 6.72. The first-order valence-electron chi connectivity index (χ1n) is 3.98. The summed E-state index contributed by atoms with van der Waals surface area (Å²) in [6, 6.07) is 0. The summed E-state index contributed by atoms with van der Waals surface area (Å²) in [6.07, 6.45) is 0.0343. The molecule has 1 heterocycles. The molecule has 0 saturated carbocycles. The second-order valence-corrected chi connectivity index (χ2v) is 6.36. The maximum atomic E-state index is 11.1. The summed E-state index contributed by atoms with van der Waals surface area (Å²) in [5.74, 6) is -0.721. The fourth-order valence-corrected chi connectivity index (χ4v) is 2.73. The van der Waals surface area contributed by atoms with Crippen LogP contribution in [-0.4, -0.2) is 31.3 Å². The molecule has 0 atom stereocenters. The summed E-state index contributed by atoms with van der Waals surface area (Å²) in [6.45, 7) is -0.289. The molecule has 0 aromatic rings. The average Bonchev–Trinajstić information content (AvgIpc) is 2.29. The van der Waals surface area contributed by atoms with Gasteiger partial charge < -0.3 is 14.4 Å². The quantitative estimate of drug-likeness (QED) is 0.376. The molecule has 0 bridgehead atoms. The van der Waals surface area contributed by atoms with Crippen molar-refractivity contribution in [3.8, 4) is 0 Å². The van der Waals surface area contributed by atoms with Gasteiger partial charge >= 0.3 is 59.1 Å². The fraction of sp³-hybridized carbons (Fsp3) is 0.500. The Morgan fingerprint density at radius 1 is 1.29 bits per heavy atom. The van der Waals surface area contributed by atoms with E-state index in [-0.39, 0.29) is 72.1 Å². The van der Waals surface area contributed by atoms with Gasteiger partial charge in [-0.2, -0.15) is 0 Å². The number of sulfonamides is 1. The third-order valence-electron chi connectivity index (χ3n) is 1.73. The Morgan fingerprint density at radius 3 is 2.18 bits per heavy atom. The molecule has 0 aliphatic carbocycles. The first kappa shape index (κ1) is 20.6. The number of nitrogens with zero attached hydrogens (tertiary/aromatic N) is 1. The molecule has 1 aliphatic rings. The van der Waals surface area contributed by atoms with E-state index in [1.807, 2.05) is 0 Å². The van der Waals surface area contributed by atoms with Crippen molar-refractivity contribution < 1.29 is 86.7 Å². The number of carbonyl (C=O) groups is 1. The number of hydrogen-bond donors (Lipinski definition) is 0. The number of carbonyl (C=O) groups excluding carboxylic acids is 1. The second kappa shape index (κ2) is 7.79. The van der Waals surface area contributed by atoms with Crippen LogP contribution in [0.3, 0.4) is 0 Å². The van der Waals surface area contributed by atoms with Crippen molar-refractivity contribution in [2.45, 2.75) is 6.42 Å². The van der Waals surface area contributed by atoms with Crippen LogP contribution in [-0.2, 0) is 19.4 Å². The van der Waals surface area contributed by atoms with E-state index < -0.39 is 29.7 Å². The van der Waals surface area contributed by atoms with Gasteiger partial charge in [-0.1, -0.05) is 7.60 Å². The smallest absolute Gasteiger partial charge is 0.811 e. The minimum Gasteiger partial charge on any atom is -0.811 e. The van der Waals surface area contributed by atoms with Crippen molar-refractivity contribution in [1.29, 1.82) is 0 Å². The van der Waals surface area contributed by atoms with Crippen LogP contribution in [0.4, 0.5) is 0 Å². The van der Waals surface area contributed by atoms with Crippen LogP contribution in [0, 0.1) is 0 Å². The molecule has 1 rings (SSSR count). The Hall–Kier alpha value is 1.31. The molecular formula is C6H8NNa2O6PS. The molecule has 0 aromatic heterocycles. The minimum absolute atomic E-state index is 0. The fourth-order valence-electron chi connectivity index (χ4n) is 1.07. The number of hydrogen-bond acceptors (Lipinski definition) is 6. The van der Waals surface area contributed by atoms with Crippen molar-refractivity contribution >= 4 is 23.5 Å². The van der Waals surface area contributed by atoms with E-state index in [2.05, 4.69) is 0 Å². The topological polar surface area (TPSA) is 118 Å². The van der Waals surface area contributed by atoms with Gasteiger partial charge in [0.25, 0.3) is 15.9 Å². The Kier molecular flexibility index (Phi) is 9.45. The maximum absolute atomic E-state index is 11.1. The second-order valence-electron chi connectivity index (χ2n) is 2.95. The Morgan fingerprint density at radius 2 is 1.82 bits per heavy atom. The standard InChI is InChI=1S/C6H10NO6PS.2Na/c8-6-2-5-15(12,13)7(6)3-1-4-14(9,10)11;;/h2,5H,1,3-4H2,(H2,9,10,11);;/q;2*+1/p-2. The normalized spacial score (nSPS) is 17.5. The largest absolute Gasteiger partial charge is 1.00 e. The molecule has 0 N–H and O–H groups in total. The summed E-state index contributed by atoms with van der Waals surface area (Å²) in [7, 11) is -8.38. The molecule has 1 aliphatic heterocycles. The molecule has 17 heavy (non-hydrogen) atoms. The maximum Gasteiger partial charge on any atom is 1.00 e. The molecule has 0 spiro atoms. The van der Waals surface area contributed by atoms with E-state index >= 15 is 0 Å². The van der Waals surface area contributed by atoms with Gasteiger partial charge in [0, 0.05) is 12.6 Å². The zero-order valence-corrected chi connectivity index (χ0v) is 15.2. The average molecular weight is 299 g/mol. The molecular weight excluding hydrogens is 291 g/mol. The van der Waals surface area contributed by atoms with Crippen molar-refractivity contribution in [2.75, 3.05) is 12.7 Å². The number of rotatable bonds is 4. The Balaban J connectivity index is 0. The van der Waals surface area contributed by atoms with E-state index in [1.54, 1.807) is 0 Å². The molecule has 0 saturated heterocycles. The van der Waals surface area contributed by atoms with Crippen molar-refractivity contribution in [3.05, 3.63) is 11.5 Å². The van der Waals surface area contributed by atoms with Crippen molar-refractivity contribution in [1.82, 2.24) is 4.31 Å². The summed E-state index contributed by atoms with van der Waals surface area (Å²) < 4.78 is 33.0. The van der Waals surface area contributed by atoms with E-state index in [0.717, 1.165) is 11.5 Å². The van der Waals surface area contributed by atoms with Gasteiger partial charge in [0.1, 0.15) is 0 Å². The van der Waals surface area contributed by atoms with Crippen LogP contribution in [0.5, 0.6) is 0 Å². The molecule has 86 valence electrons. The van der Waals surface area contributed by atoms with Gasteiger partial charge in [-0.15, -0.1) is 0 Å². The van der Waals surface area contributed by atoms with Crippen LogP contribution in [0.15, 0.2) is 11.5 Å². The SMILES string of the molecule is O=C1C=CS(=O)(=O)N1CCCP(=O)([O-])[O-].[Na+].[Na+]. The molecule has 0 fully saturated rings. The Labute approximate surface area is 143 Å². The Bertz CT molecular complexity index is 443. The minimum atomic E-state index is -4.64. The predicted molar refractivity (Wildman–Crippen MR) is 46.9 cm³/mol. The van der Waals surface area contributed by atoms with Gasteiger partial charge in [-0.3, -0.25) is 4.79 Å². The predicted octanol–water partition coefficient (Wildman–Crippen LogP) is -8.02. The van der Waals surface area contributed by atoms with Crippen LogP contribution >= 0.6 is 7.60 Å². The van der Waals surface area contributed by atoms with Crippen LogP contribution in [0.25, 0.3) is 0 Å². The molecule has 0 aromatic carbocycles. The zero-order chi connectivity index (χ0) is 11.7. The summed E-state index contributed by atoms with van der Waals surface area (Å²) in [4.78, 5) is 31.5. The van der Waals surface area contributed by atoms with Gasteiger partial charge in [-0.05, 0) is 12.6 Å². The molecule has 7 nitrogen and oxygen atoms in total. The van der Waals surface area contributed by atoms with E-state index in [9.17, 15) is 27.6 Å². The van der Waals surface area contributed by atoms with E-state index in [0.29, 0.717) is 4.31 Å². The zero-order valence-electron chi connectivity index (χ0n) is 9.53. The van der Waals surface area contributed by atoms with Crippen molar-refractivity contribution in [3.63, 3.8) is 0 Å². The van der Waals surface area contributed by atoms with Gasteiger partial charge in [0.2, 0.25) is 0 Å². The number of amides is 1. The third-order valence-corrected chi connectivity index (χ3v) is 4.05. The van der Waals surface area contributed by atoms with Gasteiger partial charge in [0.05, 0.1) is 5.41 Å². The van der Waals surface area contributed by atoms with Crippen LogP contribution in [0.1, 0.15) is 6.42 Å².